The molecule has 9 nitrogen and oxygen atoms in total. The van der Waals surface area contributed by atoms with E-state index in [1.165, 1.54) is 19.5 Å². The number of nitrogens with one attached hydrogen (secondary N) is 3. The maximum Gasteiger partial charge on any atom is 0.255 e. The number of methoxy groups -OCH3 is 1. The summed E-state index contributed by atoms with van der Waals surface area (Å²) in [5, 5.41) is 9.22. The Hall–Kier alpha value is -3.76. The second kappa shape index (κ2) is 11.5. The van der Waals surface area contributed by atoms with E-state index in [0.717, 1.165) is 0 Å². The van der Waals surface area contributed by atoms with E-state index in [9.17, 15) is 14.0 Å². The van der Waals surface area contributed by atoms with Gasteiger partial charge in [-0.2, -0.15) is 0 Å². The quantitative estimate of drug-likeness (QED) is 0.387. The molecule has 2 heterocycles. The molecule has 1 saturated heterocycles. The molecule has 1 atom stereocenters. The number of aromatic nitrogens is 2. The van der Waals surface area contributed by atoms with E-state index in [0.29, 0.717) is 52.1 Å². The topological polar surface area (TPSA) is 114 Å². The van der Waals surface area contributed by atoms with E-state index >= 15 is 0 Å². The van der Waals surface area contributed by atoms with Crippen LogP contribution >= 0.6 is 11.6 Å². The third kappa shape index (κ3) is 6.15. The summed E-state index contributed by atoms with van der Waals surface area (Å²) in [6, 6.07) is 10.3. The summed E-state index contributed by atoms with van der Waals surface area (Å²) in [5.74, 6) is 0.269. The van der Waals surface area contributed by atoms with E-state index in [1.54, 1.807) is 43.3 Å². The highest BCUT2D eigenvalue weighted by Crippen LogP contribution is 2.29. The van der Waals surface area contributed by atoms with Gasteiger partial charge in [-0.15, -0.1) is 0 Å². The van der Waals surface area contributed by atoms with Crippen molar-refractivity contribution in [1.29, 1.82) is 0 Å². The fourth-order valence-electron chi connectivity index (χ4n) is 3.90. The Kier molecular flexibility index (Phi) is 8.20. The predicted molar refractivity (Wildman–Crippen MR) is 137 cm³/mol. The highest BCUT2D eigenvalue weighted by atomic mass is 35.5. The van der Waals surface area contributed by atoms with Crippen LogP contribution in [0.3, 0.4) is 0 Å². The highest BCUT2D eigenvalue weighted by Gasteiger charge is 2.43. The lowest BCUT2D eigenvalue weighted by molar-refractivity contribution is -0.127. The molecule has 3 aromatic rings. The minimum absolute atomic E-state index is 0.0483. The summed E-state index contributed by atoms with van der Waals surface area (Å²) in [6.45, 7) is 1.59. The van der Waals surface area contributed by atoms with E-state index in [-0.39, 0.29) is 24.6 Å². The van der Waals surface area contributed by atoms with E-state index in [1.807, 2.05) is 0 Å². The first-order chi connectivity index (χ1) is 17.8. The van der Waals surface area contributed by atoms with Crippen molar-refractivity contribution < 1.29 is 23.5 Å². The summed E-state index contributed by atoms with van der Waals surface area (Å²) >= 11 is 6.48. The summed E-state index contributed by atoms with van der Waals surface area (Å²) < 4.78 is 24.1. The monoisotopic (exact) mass is 527 g/mol. The fourth-order valence-corrected chi connectivity index (χ4v) is 4.14. The van der Waals surface area contributed by atoms with Gasteiger partial charge in [-0.1, -0.05) is 17.7 Å². The molecule has 11 heteroatoms. The average Bonchev–Trinajstić information content (AvgIpc) is 3.38. The molecule has 4 rings (SSSR count). The van der Waals surface area contributed by atoms with Gasteiger partial charge in [-0.25, -0.2) is 14.4 Å². The zero-order chi connectivity index (χ0) is 26.4. The third-order valence-corrected chi connectivity index (χ3v) is 6.43. The highest BCUT2D eigenvalue weighted by molar-refractivity contribution is 6.31. The number of nitrogens with zero attached hydrogens (tertiary/aromatic N) is 2. The number of hydrogen-bond acceptors (Lipinski definition) is 7. The number of amides is 2. The Morgan fingerprint density at radius 2 is 1.95 bits per heavy atom. The van der Waals surface area contributed by atoms with Gasteiger partial charge in [0.1, 0.15) is 23.8 Å². The molecule has 37 heavy (non-hydrogen) atoms. The second-order valence-corrected chi connectivity index (χ2v) is 9.04. The van der Waals surface area contributed by atoms with Crippen LogP contribution in [0.4, 0.5) is 15.8 Å². The number of benzene rings is 2. The number of hydrogen-bond donors (Lipinski definition) is 3. The van der Waals surface area contributed by atoms with E-state index in [2.05, 4.69) is 25.9 Å². The number of rotatable bonds is 9. The summed E-state index contributed by atoms with van der Waals surface area (Å²) in [6.07, 6.45) is 3.15. The van der Waals surface area contributed by atoms with Crippen molar-refractivity contribution in [3.8, 4) is 5.75 Å². The molecule has 0 saturated carbocycles. The van der Waals surface area contributed by atoms with Gasteiger partial charge in [-0.05, 0) is 42.8 Å². The Morgan fingerprint density at radius 3 is 2.59 bits per heavy atom. The zero-order valence-corrected chi connectivity index (χ0v) is 21.2. The van der Waals surface area contributed by atoms with E-state index < -0.39 is 18.1 Å². The van der Waals surface area contributed by atoms with Gasteiger partial charge in [0.25, 0.3) is 5.91 Å². The van der Waals surface area contributed by atoms with Gasteiger partial charge in [0, 0.05) is 53.9 Å². The Labute approximate surface area is 218 Å². The van der Waals surface area contributed by atoms with Gasteiger partial charge < -0.3 is 25.4 Å². The van der Waals surface area contributed by atoms with Gasteiger partial charge >= 0.3 is 0 Å². The molecule has 1 aliphatic heterocycles. The minimum atomic E-state index is -1.22. The molecule has 1 aliphatic rings. The fraction of sp³-hybridized carbons (Fsp3) is 0.308. The van der Waals surface area contributed by atoms with Crippen molar-refractivity contribution in [2.75, 3.05) is 25.6 Å². The number of carbonyl (C=O) groups is 2. The van der Waals surface area contributed by atoms with Gasteiger partial charge in [0.2, 0.25) is 5.91 Å². The van der Waals surface area contributed by atoms with Crippen LogP contribution in [0.25, 0.3) is 0 Å². The Balaban J connectivity index is 1.41. The van der Waals surface area contributed by atoms with Crippen LogP contribution in [0.15, 0.2) is 48.8 Å². The van der Waals surface area contributed by atoms with Gasteiger partial charge in [-0.3, -0.25) is 9.59 Å². The van der Waals surface area contributed by atoms with Crippen molar-refractivity contribution in [1.82, 2.24) is 20.6 Å². The molecule has 3 N–H and O–H groups in total. The first-order valence-electron chi connectivity index (χ1n) is 11.6. The molecule has 194 valence electrons. The number of alkyl halides is 1. The lowest BCUT2D eigenvalue weighted by Crippen LogP contribution is -2.59. The summed E-state index contributed by atoms with van der Waals surface area (Å²) in [7, 11) is 1.52. The lowest BCUT2D eigenvalue weighted by atomic mass is 9.96. The number of carbonyl (C=O) groups excluding carboxylic acids is 2. The normalized spacial score (nSPS) is 16.8. The molecule has 1 fully saturated rings. The van der Waals surface area contributed by atoms with Crippen molar-refractivity contribution in [3.05, 3.63) is 76.3 Å². The summed E-state index contributed by atoms with van der Waals surface area (Å²) in [4.78, 5) is 34.0. The predicted octanol–water partition coefficient (Wildman–Crippen LogP) is 3.87. The number of aryl methyl sites for hydroxylation is 1. The first-order valence-corrected chi connectivity index (χ1v) is 12.0. The molecular weight excluding hydrogens is 501 g/mol. The molecule has 0 unspecified atom stereocenters. The largest absolute Gasteiger partial charge is 0.497 e. The Morgan fingerprint density at radius 1 is 1.16 bits per heavy atom. The van der Waals surface area contributed by atoms with Crippen molar-refractivity contribution in [2.24, 2.45) is 0 Å². The summed E-state index contributed by atoms with van der Waals surface area (Å²) in [5.41, 5.74) is 1.42. The SMILES string of the molecule is COc1ccc(Nc2ccc(CNC(=O)[C@]3(NC(=O)c4cnc(C)nc4)CCOC3)c(Cl)c2)c(CF)c1. The van der Waals surface area contributed by atoms with Gasteiger partial charge in [0.15, 0.2) is 0 Å². The van der Waals surface area contributed by atoms with Gasteiger partial charge in [0.05, 0.1) is 19.3 Å². The molecule has 0 aliphatic carbocycles. The number of ether oxygens (including phenoxy) is 2. The molecular formula is C26H27ClFN5O4. The maximum absolute atomic E-state index is 13.5. The maximum atomic E-state index is 13.5. The molecule has 0 spiro atoms. The lowest BCUT2D eigenvalue weighted by Gasteiger charge is -2.27. The molecule has 2 amide bonds. The molecule has 0 bridgehead atoms. The van der Waals surface area contributed by atoms with Crippen molar-refractivity contribution in [3.63, 3.8) is 0 Å². The van der Waals surface area contributed by atoms with Crippen molar-refractivity contribution >= 4 is 34.8 Å². The van der Waals surface area contributed by atoms with Crippen LogP contribution in [0.5, 0.6) is 5.75 Å². The van der Waals surface area contributed by atoms with Crippen LogP contribution < -0.4 is 20.7 Å². The molecule has 2 aromatic carbocycles. The van der Waals surface area contributed by atoms with Crippen molar-refractivity contribution in [2.45, 2.75) is 32.1 Å². The second-order valence-electron chi connectivity index (χ2n) is 8.63. The average molecular weight is 528 g/mol. The van der Waals surface area contributed by atoms with E-state index in [4.69, 9.17) is 21.1 Å². The number of anilines is 2. The molecule has 0 radical (unpaired) electrons. The van der Waals surface area contributed by atoms with Crippen LogP contribution in [0.2, 0.25) is 5.02 Å². The van der Waals surface area contributed by atoms with Crippen LogP contribution in [-0.2, 0) is 22.8 Å². The third-order valence-electron chi connectivity index (χ3n) is 6.08. The van der Waals surface area contributed by atoms with Crippen LogP contribution in [0, 0.1) is 6.92 Å². The molecule has 1 aromatic heterocycles. The number of halogens is 2. The smallest absolute Gasteiger partial charge is 0.255 e. The standard InChI is InChI=1S/C26H27ClFN5O4/c1-16-29-13-19(14-30-16)24(34)33-26(7-8-37-15-26)25(35)31-12-17-3-4-20(10-22(17)27)32-23-6-5-21(36-2)9-18(23)11-28/h3-6,9-10,13-14,32H,7-8,11-12,15H2,1-2H3,(H,31,35)(H,33,34)/t26-/m0/s1. The minimum Gasteiger partial charge on any atom is -0.497 e. The van der Waals surface area contributed by atoms with Crippen LogP contribution in [-0.4, -0.2) is 47.6 Å². The Bertz CT molecular complexity index is 1280. The van der Waals surface area contributed by atoms with Crippen LogP contribution in [0.1, 0.15) is 33.7 Å². The zero-order valence-electron chi connectivity index (χ0n) is 20.4. The first kappa shape index (κ1) is 26.3.